The maximum absolute atomic E-state index is 12.7. The molecule has 2 fully saturated rings. The van der Waals surface area contributed by atoms with Crippen molar-refractivity contribution in [3.63, 3.8) is 0 Å². The van der Waals surface area contributed by atoms with Gasteiger partial charge in [-0.25, -0.2) is 0 Å². The molecule has 23 heavy (non-hydrogen) atoms. The summed E-state index contributed by atoms with van der Waals surface area (Å²) in [7, 11) is 1.96. The van der Waals surface area contributed by atoms with Gasteiger partial charge in [-0.2, -0.15) is 0 Å². The van der Waals surface area contributed by atoms with Gasteiger partial charge < -0.3 is 4.90 Å². The number of fused-ring (bicyclic) bond motifs is 1. The van der Waals surface area contributed by atoms with Crippen molar-refractivity contribution in [2.45, 2.75) is 32.7 Å². The summed E-state index contributed by atoms with van der Waals surface area (Å²) >= 11 is 1.89. The highest BCUT2D eigenvalue weighted by Crippen LogP contribution is 2.41. The number of carbonyl (C=O) groups excluding carboxylic acids is 1. The molecule has 4 heteroatoms. The topological polar surface area (TPSA) is 23.6 Å². The maximum Gasteiger partial charge on any atom is 0.229 e. The number of aryl methyl sites for hydroxylation is 1. The lowest BCUT2D eigenvalue weighted by Crippen LogP contribution is -2.48. The van der Waals surface area contributed by atoms with E-state index >= 15 is 0 Å². The zero-order valence-electron chi connectivity index (χ0n) is 14.0. The number of hydrogen-bond acceptors (Lipinski definition) is 3. The zero-order valence-corrected chi connectivity index (χ0v) is 14.8. The Morgan fingerprint density at radius 2 is 2.04 bits per heavy atom. The summed E-state index contributed by atoms with van der Waals surface area (Å²) in [5, 5.41) is 1.39. The summed E-state index contributed by atoms with van der Waals surface area (Å²) in [6.07, 6.45) is 3.24. The molecule has 0 radical (unpaired) electrons. The predicted molar refractivity (Wildman–Crippen MR) is 95.8 cm³/mol. The summed E-state index contributed by atoms with van der Waals surface area (Å²) in [5.74, 6) is 0.373. The molecule has 0 bridgehead atoms. The van der Waals surface area contributed by atoms with Crippen LogP contribution in [0.1, 0.15) is 29.7 Å². The van der Waals surface area contributed by atoms with Gasteiger partial charge in [-0.05, 0) is 49.7 Å². The molecule has 2 aliphatic rings. The van der Waals surface area contributed by atoms with Crippen molar-refractivity contribution in [2.24, 2.45) is 5.41 Å². The van der Waals surface area contributed by atoms with E-state index in [9.17, 15) is 4.79 Å². The number of piperidine rings is 1. The quantitative estimate of drug-likeness (QED) is 0.840. The normalized spacial score (nSPS) is 25.8. The number of hydrogen-bond donors (Lipinski definition) is 0. The van der Waals surface area contributed by atoms with E-state index in [0.717, 1.165) is 45.4 Å². The standard InChI is InChI=1S/C19H24N2OS/c1-14-16(15-6-3-4-7-17(15)23-14)12-21-11-9-19(13-21)8-5-10-20(2)18(19)22/h3-4,6-7H,5,8-13H2,1-2H3. The van der Waals surface area contributed by atoms with Gasteiger partial charge in [0.15, 0.2) is 0 Å². The van der Waals surface area contributed by atoms with Crippen LogP contribution in [0.5, 0.6) is 0 Å². The number of thiophene rings is 1. The number of amides is 1. The molecule has 1 atom stereocenters. The lowest BCUT2D eigenvalue weighted by atomic mass is 9.78. The Labute approximate surface area is 141 Å². The lowest BCUT2D eigenvalue weighted by Gasteiger charge is -2.37. The molecule has 2 aliphatic heterocycles. The Morgan fingerprint density at radius 1 is 1.22 bits per heavy atom. The van der Waals surface area contributed by atoms with Gasteiger partial charge in [-0.15, -0.1) is 11.3 Å². The Balaban J connectivity index is 1.56. The van der Waals surface area contributed by atoms with Crippen molar-refractivity contribution in [3.05, 3.63) is 34.7 Å². The third-order valence-corrected chi connectivity index (χ3v) is 6.79. The Hall–Kier alpha value is -1.39. The molecule has 1 amide bonds. The number of rotatable bonds is 2. The summed E-state index contributed by atoms with van der Waals surface area (Å²) in [4.78, 5) is 18.5. The van der Waals surface area contributed by atoms with E-state index in [1.165, 1.54) is 20.5 Å². The van der Waals surface area contributed by atoms with Crippen LogP contribution in [0.15, 0.2) is 24.3 Å². The van der Waals surface area contributed by atoms with Gasteiger partial charge in [0, 0.05) is 36.3 Å². The van der Waals surface area contributed by atoms with Crippen LogP contribution in [0.25, 0.3) is 10.1 Å². The average Bonchev–Trinajstić information content (AvgIpc) is 3.08. The van der Waals surface area contributed by atoms with Crippen LogP contribution in [-0.2, 0) is 11.3 Å². The number of carbonyl (C=O) groups is 1. The molecule has 3 nitrogen and oxygen atoms in total. The van der Waals surface area contributed by atoms with Crippen molar-refractivity contribution in [2.75, 3.05) is 26.7 Å². The fraction of sp³-hybridized carbons (Fsp3) is 0.526. The summed E-state index contributed by atoms with van der Waals surface area (Å²) < 4.78 is 1.38. The third-order valence-electron chi connectivity index (χ3n) is 5.66. The SMILES string of the molecule is Cc1sc2ccccc2c1CN1CCC2(CCCN(C)C2=O)C1. The molecule has 3 heterocycles. The average molecular weight is 328 g/mol. The number of benzene rings is 1. The van der Waals surface area contributed by atoms with Crippen LogP contribution in [0.2, 0.25) is 0 Å². The second kappa shape index (κ2) is 5.60. The largest absolute Gasteiger partial charge is 0.345 e. The molecule has 2 aromatic rings. The van der Waals surface area contributed by atoms with Crippen molar-refractivity contribution in [3.8, 4) is 0 Å². The van der Waals surface area contributed by atoms with Crippen LogP contribution < -0.4 is 0 Å². The number of nitrogens with zero attached hydrogens (tertiary/aromatic N) is 2. The second-order valence-corrected chi connectivity index (χ2v) is 8.46. The molecular formula is C19H24N2OS. The Kier molecular flexibility index (Phi) is 3.69. The van der Waals surface area contributed by atoms with Crippen molar-refractivity contribution >= 4 is 27.3 Å². The van der Waals surface area contributed by atoms with E-state index in [4.69, 9.17) is 0 Å². The summed E-state index contributed by atoms with van der Waals surface area (Å²) in [6, 6.07) is 8.69. The second-order valence-electron chi connectivity index (χ2n) is 7.20. The highest BCUT2D eigenvalue weighted by molar-refractivity contribution is 7.19. The van der Waals surface area contributed by atoms with Gasteiger partial charge in [0.2, 0.25) is 5.91 Å². The van der Waals surface area contributed by atoms with E-state index in [1.807, 2.05) is 23.3 Å². The molecule has 0 N–H and O–H groups in total. The summed E-state index contributed by atoms with van der Waals surface area (Å²) in [6.45, 7) is 6.11. The lowest BCUT2D eigenvalue weighted by molar-refractivity contribution is -0.143. The van der Waals surface area contributed by atoms with Gasteiger partial charge in [0.05, 0.1) is 5.41 Å². The Morgan fingerprint density at radius 3 is 2.91 bits per heavy atom. The first-order chi connectivity index (χ1) is 11.1. The van der Waals surface area contributed by atoms with E-state index in [2.05, 4.69) is 36.1 Å². The minimum absolute atomic E-state index is 0.104. The van der Waals surface area contributed by atoms with Crippen LogP contribution in [0, 0.1) is 12.3 Å². The Bertz CT molecular complexity index is 753. The van der Waals surface area contributed by atoms with Crippen molar-refractivity contribution in [1.29, 1.82) is 0 Å². The molecule has 1 aromatic heterocycles. The van der Waals surface area contributed by atoms with Gasteiger partial charge in [0.1, 0.15) is 0 Å². The van der Waals surface area contributed by atoms with E-state index in [0.29, 0.717) is 5.91 Å². The predicted octanol–water partition coefficient (Wildman–Crippen LogP) is 3.65. The van der Waals surface area contributed by atoms with Gasteiger partial charge in [0.25, 0.3) is 0 Å². The summed E-state index contributed by atoms with van der Waals surface area (Å²) in [5.41, 5.74) is 1.35. The van der Waals surface area contributed by atoms with Crippen molar-refractivity contribution < 1.29 is 4.79 Å². The monoisotopic (exact) mass is 328 g/mol. The van der Waals surface area contributed by atoms with Crippen LogP contribution >= 0.6 is 11.3 Å². The molecule has 0 aliphatic carbocycles. The van der Waals surface area contributed by atoms with Gasteiger partial charge in [-0.3, -0.25) is 9.69 Å². The molecule has 1 unspecified atom stereocenters. The van der Waals surface area contributed by atoms with Crippen LogP contribution in [-0.4, -0.2) is 42.4 Å². The van der Waals surface area contributed by atoms with E-state index in [-0.39, 0.29) is 5.41 Å². The molecule has 0 saturated carbocycles. The molecular weight excluding hydrogens is 304 g/mol. The minimum Gasteiger partial charge on any atom is -0.345 e. The fourth-order valence-corrected chi connectivity index (χ4v) is 5.46. The molecule has 122 valence electrons. The first kappa shape index (κ1) is 15.2. The zero-order chi connectivity index (χ0) is 16.0. The third kappa shape index (κ3) is 2.48. The highest BCUT2D eigenvalue weighted by Gasteiger charge is 2.47. The molecule has 1 spiro atoms. The molecule has 2 saturated heterocycles. The van der Waals surface area contributed by atoms with Gasteiger partial charge >= 0.3 is 0 Å². The number of likely N-dealkylation sites (tertiary alicyclic amines) is 2. The fourth-order valence-electron chi connectivity index (χ4n) is 4.38. The maximum atomic E-state index is 12.7. The van der Waals surface area contributed by atoms with Gasteiger partial charge in [-0.1, -0.05) is 18.2 Å². The first-order valence-corrected chi connectivity index (χ1v) is 9.36. The van der Waals surface area contributed by atoms with E-state index in [1.54, 1.807) is 0 Å². The molecule has 4 rings (SSSR count). The van der Waals surface area contributed by atoms with Crippen LogP contribution in [0.4, 0.5) is 0 Å². The highest BCUT2D eigenvalue weighted by atomic mass is 32.1. The van der Waals surface area contributed by atoms with Crippen molar-refractivity contribution in [1.82, 2.24) is 9.80 Å². The first-order valence-electron chi connectivity index (χ1n) is 8.54. The minimum atomic E-state index is -0.104. The molecule has 1 aromatic carbocycles. The van der Waals surface area contributed by atoms with Crippen LogP contribution in [0.3, 0.4) is 0 Å². The van der Waals surface area contributed by atoms with E-state index < -0.39 is 0 Å². The smallest absolute Gasteiger partial charge is 0.229 e.